The third-order valence-corrected chi connectivity index (χ3v) is 4.84. The Morgan fingerprint density at radius 3 is 2.29 bits per heavy atom. The molecule has 0 bridgehead atoms. The number of carbonyl (C=O) groups excluding carboxylic acids is 3. The molecule has 2 aliphatic rings. The Bertz CT molecular complexity index is 449. The third-order valence-electron chi connectivity index (χ3n) is 4.84. The second-order valence-electron chi connectivity index (χ2n) is 6.58. The van der Waals surface area contributed by atoms with E-state index in [1.807, 2.05) is 4.90 Å². The number of amides is 3. The van der Waals surface area contributed by atoms with Crippen LogP contribution in [0, 0.1) is 0 Å². The van der Waals surface area contributed by atoms with E-state index in [-0.39, 0.29) is 30.7 Å². The van der Waals surface area contributed by atoms with Gasteiger partial charge in [-0.15, -0.1) is 0 Å². The van der Waals surface area contributed by atoms with Gasteiger partial charge in [0.15, 0.2) is 0 Å². The van der Waals surface area contributed by atoms with Crippen LogP contribution in [0.25, 0.3) is 0 Å². The van der Waals surface area contributed by atoms with E-state index in [2.05, 4.69) is 10.1 Å². The minimum absolute atomic E-state index is 0.00856. The number of urea groups is 1. The van der Waals surface area contributed by atoms with E-state index >= 15 is 0 Å². The molecule has 1 N–H and O–H groups in total. The van der Waals surface area contributed by atoms with E-state index in [4.69, 9.17) is 0 Å². The number of carbonyl (C=O) groups is 3. The fourth-order valence-electron chi connectivity index (χ4n) is 3.35. The summed E-state index contributed by atoms with van der Waals surface area (Å²) in [5.41, 5.74) is 0. The molecule has 0 aromatic heterocycles. The summed E-state index contributed by atoms with van der Waals surface area (Å²) >= 11 is 0. The number of nitrogens with zero attached hydrogens (tertiary/aromatic N) is 2. The largest absolute Gasteiger partial charge is 0.469 e. The summed E-state index contributed by atoms with van der Waals surface area (Å²) < 4.78 is 4.56. The maximum absolute atomic E-state index is 12.4. The zero-order chi connectivity index (χ0) is 17.4. The van der Waals surface area contributed by atoms with E-state index in [9.17, 15) is 14.4 Å². The average molecular weight is 339 g/mol. The van der Waals surface area contributed by atoms with Crippen LogP contribution >= 0.6 is 0 Å². The predicted molar refractivity (Wildman–Crippen MR) is 89.4 cm³/mol. The minimum Gasteiger partial charge on any atom is -0.469 e. The molecule has 7 heteroatoms. The van der Waals surface area contributed by atoms with Crippen molar-refractivity contribution in [2.24, 2.45) is 0 Å². The zero-order valence-electron chi connectivity index (χ0n) is 14.6. The normalized spacial score (nSPS) is 19.5. The van der Waals surface area contributed by atoms with Crippen molar-refractivity contribution in [2.75, 3.05) is 33.3 Å². The summed E-state index contributed by atoms with van der Waals surface area (Å²) in [5, 5.41) is 3.13. The lowest BCUT2D eigenvalue weighted by Crippen LogP contribution is -2.46. The van der Waals surface area contributed by atoms with Gasteiger partial charge in [-0.25, -0.2) is 4.79 Å². The number of ether oxygens (including phenoxy) is 1. The van der Waals surface area contributed by atoms with Crippen LogP contribution < -0.4 is 5.32 Å². The molecule has 0 aromatic carbocycles. The summed E-state index contributed by atoms with van der Waals surface area (Å²) in [6, 6.07) is 0.290. The summed E-state index contributed by atoms with van der Waals surface area (Å²) in [6.45, 7) is 2.37. The van der Waals surface area contributed by atoms with Gasteiger partial charge in [0, 0.05) is 38.6 Å². The molecule has 136 valence electrons. The first-order valence-electron chi connectivity index (χ1n) is 9.00. The maximum Gasteiger partial charge on any atom is 0.317 e. The first-order chi connectivity index (χ1) is 11.6. The van der Waals surface area contributed by atoms with E-state index in [1.165, 1.54) is 26.4 Å². The topological polar surface area (TPSA) is 79.0 Å². The summed E-state index contributed by atoms with van der Waals surface area (Å²) in [5.74, 6) is -0.415. The van der Waals surface area contributed by atoms with Crippen LogP contribution in [0.15, 0.2) is 0 Å². The molecule has 24 heavy (non-hydrogen) atoms. The molecule has 3 amide bonds. The van der Waals surface area contributed by atoms with Gasteiger partial charge in [0.25, 0.3) is 0 Å². The van der Waals surface area contributed by atoms with E-state index in [0.717, 1.165) is 19.3 Å². The van der Waals surface area contributed by atoms with Gasteiger partial charge >= 0.3 is 12.0 Å². The summed E-state index contributed by atoms with van der Waals surface area (Å²) in [6.07, 6.45) is 6.82. The second kappa shape index (κ2) is 9.49. The highest BCUT2D eigenvalue weighted by Gasteiger charge is 2.24. The van der Waals surface area contributed by atoms with Crippen LogP contribution in [-0.4, -0.2) is 67.0 Å². The van der Waals surface area contributed by atoms with Crippen molar-refractivity contribution in [1.82, 2.24) is 15.1 Å². The predicted octanol–water partition coefficient (Wildman–Crippen LogP) is 1.52. The minimum atomic E-state index is -0.369. The number of hydrogen-bond donors (Lipinski definition) is 1. The van der Waals surface area contributed by atoms with Gasteiger partial charge in [0.2, 0.25) is 5.91 Å². The fraction of sp³-hybridized carbons (Fsp3) is 0.824. The Morgan fingerprint density at radius 1 is 0.917 bits per heavy atom. The maximum atomic E-state index is 12.4. The van der Waals surface area contributed by atoms with E-state index in [1.54, 1.807) is 4.90 Å². The molecule has 0 aromatic rings. The van der Waals surface area contributed by atoms with Crippen LogP contribution in [0.3, 0.4) is 0 Å². The standard InChI is InChI=1S/C17H29N3O4/c1-24-16(22)9-8-15(21)19-10-5-11-20(13-12-19)17(23)18-14-6-3-2-4-7-14/h14H,2-13H2,1H3,(H,18,23). The molecule has 0 unspecified atom stereocenters. The molecule has 1 aliphatic heterocycles. The monoisotopic (exact) mass is 339 g/mol. The van der Waals surface area contributed by atoms with Gasteiger partial charge in [-0.05, 0) is 19.3 Å². The first-order valence-corrected chi connectivity index (χ1v) is 9.00. The average Bonchev–Trinajstić information content (AvgIpc) is 2.86. The summed E-state index contributed by atoms with van der Waals surface area (Å²) in [7, 11) is 1.32. The quantitative estimate of drug-likeness (QED) is 0.788. The second-order valence-corrected chi connectivity index (χ2v) is 6.58. The molecule has 1 heterocycles. The number of nitrogens with one attached hydrogen (secondary N) is 1. The van der Waals surface area contributed by atoms with Crippen LogP contribution in [0.4, 0.5) is 4.79 Å². The molecule has 2 fully saturated rings. The SMILES string of the molecule is COC(=O)CCC(=O)N1CCCN(C(=O)NC2CCCCC2)CC1. The Balaban J connectivity index is 1.75. The summed E-state index contributed by atoms with van der Waals surface area (Å²) in [4.78, 5) is 39.3. The van der Waals surface area contributed by atoms with E-state index in [0.29, 0.717) is 32.2 Å². The molecule has 0 radical (unpaired) electrons. The molecular formula is C17H29N3O4. The lowest BCUT2D eigenvalue weighted by molar-refractivity contribution is -0.143. The Hall–Kier alpha value is -1.79. The number of rotatable bonds is 4. The molecule has 0 spiro atoms. The van der Waals surface area contributed by atoms with Crippen molar-refractivity contribution >= 4 is 17.9 Å². The molecule has 7 nitrogen and oxygen atoms in total. The zero-order valence-corrected chi connectivity index (χ0v) is 14.6. The first kappa shape index (κ1) is 18.5. The van der Waals surface area contributed by atoms with Crippen molar-refractivity contribution in [1.29, 1.82) is 0 Å². The van der Waals surface area contributed by atoms with Gasteiger partial charge in [0.05, 0.1) is 13.5 Å². The van der Waals surface area contributed by atoms with Gasteiger partial charge in [-0.3, -0.25) is 9.59 Å². The fourth-order valence-corrected chi connectivity index (χ4v) is 3.35. The highest BCUT2D eigenvalue weighted by atomic mass is 16.5. The van der Waals surface area contributed by atoms with Crippen LogP contribution in [0.1, 0.15) is 51.4 Å². The van der Waals surface area contributed by atoms with Gasteiger partial charge < -0.3 is 19.9 Å². The Kier molecular flexibility index (Phi) is 7.34. The van der Waals surface area contributed by atoms with Crippen LogP contribution in [0.5, 0.6) is 0 Å². The molecule has 1 aliphatic carbocycles. The van der Waals surface area contributed by atoms with Crippen molar-refractivity contribution in [3.63, 3.8) is 0 Å². The molecule has 1 saturated carbocycles. The number of esters is 1. The molecule has 1 saturated heterocycles. The van der Waals surface area contributed by atoms with Crippen molar-refractivity contribution in [2.45, 2.75) is 57.4 Å². The Morgan fingerprint density at radius 2 is 1.58 bits per heavy atom. The molecular weight excluding hydrogens is 310 g/mol. The number of hydrogen-bond acceptors (Lipinski definition) is 4. The van der Waals surface area contributed by atoms with Gasteiger partial charge in [0.1, 0.15) is 0 Å². The van der Waals surface area contributed by atoms with Crippen molar-refractivity contribution < 1.29 is 19.1 Å². The molecule has 2 rings (SSSR count). The van der Waals surface area contributed by atoms with Gasteiger partial charge in [-0.2, -0.15) is 0 Å². The lowest BCUT2D eigenvalue weighted by atomic mass is 9.96. The van der Waals surface area contributed by atoms with Gasteiger partial charge in [-0.1, -0.05) is 19.3 Å². The highest BCUT2D eigenvalue weighted by molar-refractivity contribution is 5.81. The van der Waals surface area contributed by atoms with Crippen LogP contribution in [0.2, 0.25) is 0 Å². The lowest BCUT2D eigenvalue weighted by Gasteiger charge is -2.27. The smallest absolute Gasteiger partial charge is 0.317 e. The molecule has 0 atom stereocenters. The van der Waals surface area contributed by atoms with E-state index < -0.39 is 0 Å². The Labute approximate surface area is 143 Å². The number of methoxy groups -OCH3 is 1. The highest BCUT2D eigenvalue weighted by Crippen LogP contribution is 2.17. The third kappa shape index (κ3) is 5.69. The van der Waals surface area contributed by atoms with Crippen molar-refractivity contribution in [3.8, 4) is 0 Å². The van der Waals surface area contributed by atoms with Crippen LogP contribution in [-0.2, 0) is 14.3 Å². The van der Waals surface area contributed by atoms with Crippen molar-refractivity contribution in [3.05, 3.63) is 0 Å².